The Hall–Kier alpha value is -3.15. The van der Waals surface area contributed by atoms with Crippen molar-refractivity contribution in [3.8, 4) is 11.5 Å². The number of benzene rings is 1. The number of amides is 1. The fourth-order valence-electron chi connectivity index (χ4n) is 2.10. The molecule has 0 radical (unpaired) electrons. The molecular weight excluding hydrogens is 356 g/mol. The van der Waals surface area contributed by atoms with Crippen LogP contribution in [0.25, 0.3) is 0 Å². The molecule has 2 aliphatic rings. The van der Waals surface area contributed by atoms with Gasteiger partial charge in [-0.15, -0.1) is 5.10 Å². The van der Waals surface area contributed by atoms with E-state index in [2.05, 4.69) is 15.5 Å². The number of nitrogens with one attached hydrogen (secondary N) is 1. The predicted octanol–water partition coefficient (Wildman–Crippen LogP) is 0.720. The summed E-state index contributed by atoms with van der Waals surface area (Å²) in [6.45, 7) is -0.0248. The first-order chi connectivity index (χ1) is 11.9. The second-order valence-electron chi connectivity index (χ2n) is 4.86. The highest BCUT2D eigenvalue weighted by atomic mass is 32.2. The third kappa shape index (κ3) is 3.68. The van der Waals surface area contributed by atoms with Gasteiger partial charge in [-0.05, 0) is 6.07 Å². The summed E-state index contributed by atoms with van der Waals surface area (Å²) in [5, 5.41) is 29.0. The van der Waals surface area contributed by atoms with Gasteiger partial charge >= 0.3 is 5.97 Å². The summed E-state index contributed by atoms with van der Waals surface area (Å²) >= 11 is 0.929. The van der Waals surface area contributed by atoms with Gasteiger partial charge in [0.1, 0.15) is 5.25 Å². The first-order valence-corrected chi connectivity index (χ1v) is 7.70. The molecule has 0 aliphatic carbocycles. The molecule has 1 fully saturated rings. The number of aliphatic carboxylic acids is 1. The van der Waals surface area contributed by atoms with E-state index in [-0.39, 0.29) is 35.4 Å². The third-order valence-electron chi connectivity index (χ3n) is 3.20. The van der Waals surface area contributed by atoms with E-state index in [9.17, 15) is 19.7 Å². The second kappa shape index (κ2) is 6.76. The third-order valence-corrected chi connectivity index (χ3v) is 4.27. The van der Waals surface area contributed by atoms with E-state index in [1.165, 1.54) is 12.1 Å². The van der Waals surface area contributed by atoms with Crippen LogP contribution in [-0.2, 0) is 9.59 Å². The van der Waals surface area contributed by atoms with Crippen molar-refractivity contribution in [2.75, 3.05) is 6.79 Å². The van der Waals surface area contributed by atoms with Crippen LogP contribution in [0.5, 0.6) is 11.5 Å². The molecule has 3 rings (SSSR count). The number of carboxylic acid groups (broad SMARTS) is 1. The van der Waals surface area contributed by atoms with Crippen LogP contribution in [0.1, 0.15) is 12.0 Å². The van der Waals surface area contributed by atoms with Crippen LogP contribution in [-0.4, -0.2) is 45.3 Å². The van der Waals surface area contributed by atoms with Crippen molar-refractivity contribution in [1.82, 2.24) is 5.32 Å². The van der Waals surface area contributed by atoms with Crippen LogP contribution in [0.3, 0.4) is 0 Å². The van der Waals surface area contributed by atoms with Crippen LogP contribution >= 0.6 is 11.8 Å². The molecule has 11 nitrogen and oxygen atoms in total. The van der Waals surface area contributed by atoms with Gasteiger partial charge < -0.3 is 19.9 Å². The largest absolute Gasteiger partial charge is 0.481 e. The molecule has 0 saturated carbocycles. The Morgan fingerprint density at radius 3 is 2.88 bits per heavy atom. The predicted molar refractivity (Wildman–Crippen MR) is 86.0 cm³/mol. The molecule has 2 aliphatic heterocycles. The Bertz CT molecular complexity index is 823. The SMILES string of the molecule is O=C(O)CC1SC(=NN=Cc2cc3c(cc2[N+](=O)[O-])OCO3)NC1=O. The summed E-state index contributed by atoms with van der Waals surface area (Å²) < 4.78 is 10.2. The van der Waals surface area contributed by atoms with Crippen LogP contribution in [0.15, 0.2) is 22.3 Å². The van der Waals surface area contributed by atoms with E-state index < -0.39 is 22.0 Å². The van der Waals surface area contributed by atoms with Gasteiger partial charge in [0, 0.05) is 0 Å². The van der Waals surface area contributed by atoms with Crippen molar-refractivity contribution in [3.63, 3.8) is 0 Å². The Kier molecular flexibility index (Phi) is 4.52. The van der Waals surface area contributed by atoms with E-state index >= 15 is 0 Å². The van der Waals surface area contributed by atoms with Crippen molar-refractivity contribution in [3.05, 3.63) is 27.8 Å². The molecule has 1 saturated heterocycles. The lowest BCUT2D eigenvalue weighted by Gasteiger charge is -1.99. The zero-order valence-electron chi connectivity index (χ0n) is 12.4. The number of rotatable bonds is 5. The molecular formula is C13H10N4O7S. The number of hydrogen-bond acceptors (Lipinski definition) is 9. The molecule has 1 atom stereocenters. The zero-order chi connectivity index (χ0) is 18.0. The summed E-state index contributed by atoms with van der Waals surface area (Å²) in [6.07, 6.45) is 0.803. The maximum atomic E-state index is 11.6. The topological polar surface area (TPSA) is 153 Å². The molecule has 1 amide bonds. The van der Waals surface area contributed by atoms with E-state index in [1.807, 2.05) is 0 Å². The summed E-state index contributed by atoms with van der Waals surface area (Å²) in [5.41, 5.74) is -0.0879. The van der Waals surface area contributed by atoms with Gasteiger partial charge in [0.2, 0.25) is 12.7 Å². The van der Waals surface area contributed by atoms with Gasteiger partial charge in [0.15, 0.2) is 16.7 Å². The molecule has 0 spiro atoms. The Balaban J connectivity index is 1.78. The Morgan fingerprint density at radius 1 is 1.48 bits per heavy atom. The van der Waals surface area contributed by atoms with Gasteiger partial charge in [-0.2, -0.15) is 5.10 Å². The van der Waals surface area contributed by atoms with Crippen molar-refractivity contribution in [2.24, 2.45) is 10.2 Å². The number of carbonyl (C=O) groups excluding carboxylic acids is 1. The average Bonchev–Trinajstić information content (AvgIpc) is 3.12. The molecule has 25 heavy (non-hydrogen) atoms. The monoisotopic (exact) mass is 366 g/mol. The number of ether oxygens (including phenoxy) is 2. The van der Waals surface area contributed by atoms with Gasteiger partial charge in [-0.3, -0.25) is 19.7 Å². The quantitative estimate of drug-likeness (QED) is 0.439. The number of fused-ring (bicyclic) bond motifs is 1. The molecule has 12 heteroatoms. The fourth-order valence-corrected chi connectivity index (χ4v) is 3.01. The minimum absolute atomic E-state index is 0.0248. The first-order valence-electron chi connectivity index (χ1n) is 6.82. The number of amidine groups is 1. The molecule has 1 unspecified atom stereocenters. The minimum Gasteiger partial charge on any atom is -0.481 e. The highest BCUT2D eigenvalue weighted by Gasteiger charge is 2.32. The van der Waals surface area contributed by atoms with E-state index in [0.29, 0.717) is 5.75 Å². The second-order valence-corrected chi connectivity index (χ2v) is 6.06. The molecule has 130 valence electrons. The van der Waals surface area contributed by atoms with Crippen molar-refractivity contribution in [2.45, 2.75) is 11.7 Å². The smallest absolute Gasteiger partial charge is 0.305 e. The summed E-state index contributed by atoms with van der Waals surface area (Å²) in [6, 6.07) is 2.63. The van der Waals surface area contributed by atoms with Gasteiger partial charge in [0.25, 0.3) is 5.69 Å². The van der Waals surface area contributed by atoms with Crippen molar-refractivity contribution >= 4 is 40.7 Å². The Labute approximate surface area is 143 Å². The summed E-state index contributed by atoms with van der Waals surface area (Å²) in [5.74, 6) is -0.959. The molecule has 1 aromatic rings. The fraction of sp³-hybridized carbons (Fsp3) is 0.231. The lowest BCUT2D eigenvalue weighted by Crippen LogP contribution is -2.26. The highest BCUT2D eigenvalue weighted by molar-refractivity contribution is 8.15. The van der Waals surface area contributed by atoms with Crippen molar-refractivity contribution in [1.29, 1.82) is 0 Å². The van der Waals surface area contributed by atoms with E-state index in [0.717, 1.165) is 18.0 Å². The van der Waals surface area contributed by atoms with Gasteiger partial charge in [0.05, 0.1) is 29.2 Å². The Morgan fingerprint density at radius 2 is 2.20 bits per heavy atom. The summed E-state index contributed by atoms with van der Waals surface area (Å²) in [4.78, 5) is 32.8. The highest BCUT2D eigenvalue weighted by Crippen LogP contribution is 2.37. The van der Waals surface area contributed by atoms with Crippen LogP contribution in [0, 0.1) is 10.1 Å². The first kappa shape index (κ1) is 16.7. The van der Waals surface area contributed by atoms with Crippen LogP contribution in [0.2, 0.25) is 0 Å². The minimum atomic E-state index is -1.10. The lowest BCUT2D eigenvalue weighted by molar-refractivity contribution is -0.385. The normalized spacial score (nSPS) is 20.2. The van der Waals surface area contributed by atoms with Crippen LogP contribution in [0.4, 0.5) is 5.69 Å². The van der Waals surface area contributed by atoms with Crippen molar-refractivity contribution < 1.29 is 29.1 Å². The molecule has 2 N–H and O–H groups in total. The average molecular weight is 366 g/mol. The van der Waals surface area contributed by atoms with E-state index in [4.69, 9.17) is 14.6 Å². The number of nitrogens with zero attached hydrogens (tertiary/aromatic N) is 3. The zero-order valence-corrected chi connectivity index (χ0v) is 13.2. The number of thioether (sulfide) groups is 1. The number of nitro groups is 1. The van der Waals surface area contributed by atoms with E-state index in [1.54, 1.807) is 0 Å². The molecule has 2 heterocycles. The number of nitro benzene ring substituents is 1. The molecule has 0 aromatic heterocycles. The molecule has 1 aromatic carbocycles. The number of carbonyl (C=O) groups is 2. The summed E-state index contributed by atoms with van der Waals surface area (Å²) in [7, 11) is 0. The lowest BCUT2D eigenvalue weighted by atomic mass is 10.1. The number of carboxylic acids is 1. The van der Waals surface area contributed by atoms with Crippen LogP contribution < -0.4 is 14.8 Å². The maximum Gasteiger partial charge on any atom is 0.305 e. The van der Waals surface area contributed by atoms with Gasteiger partial charge in [-0.25, -0.2) is 0 Å². The number of hydrogen-bond donors (Lipinski definition) is 2. The van der Waals surface area contributed by atoms with Gasteiger partial charge in [-0.1, -0.05) is 11.8 Å². The maximum absolute atomic E-state index is 11.6. The molecule has 0 bridgehead atoms. The standard InChI is InChI=1S/C13H10N4O7S/c18-11(19)3-10-12(20)15-13(25-10)16-14-4-6-1-8-9(24-5-23-8)2-7(6)17(21)22/h1-2,4,10H,3,5H2,(H,18,19)(H,15,16,20).